The number of aryl methyl sites for hydroxylation is 1. The third kappa shape index (κ3) is 2.36. The number of halogens is 2. The van der Waals surface area contributed by atoms with Gasteiger partial charge < -0.3 is 4.98 Å². The molecule has 0 saturated heterocycles. The lowest BCUT2D eigenvalue weighted by Gasteiger charge is -2.20. The highest BCUT2D eigenvalue weighted by Gasteiger charge is 2.20. The number of pyridine rings is 1. The number of aromatic nitrogens is 1. The predicted octanol–water partition coefficient (Wildman–Crippen LogP) is 4.44. The summed E-state index contributed by atoms with van der Waals surface area (Å²) in [4.78, 5) is 3.11. The van der Waals surface area contributed by atoms with Crippen molar-refractivity contribution < 1.29 is 8.78 Å². The molecule has 2 nitrogen and oxygen atoms in total. The summed E-state index contributed by atoms with van der Waals surface area (Å²) in [6.45, 7) is 0. The first-order valence-corrected chi connectivity index (χ1v) is 7.16. The lowest BCUT2D eigenvalue weighted by atomic mass is 9.87. The van der Waals surface area contributed by atoms with Crippen LogP contribution in [0.1, 0.15) is 29.7 Å². The number of nitrogens with one attached hydrogen (secondary N) is 1. The Labute approximate surface area is 126 Å². The van der Waals surface area contributed by atoms with Crippen LogP contribution in [0.15, 0.2) is 18.2 Å². The van der Waals surface area contributed by atoms with E-state index >= 15 is 0 Å². The van der Waals surface area contributed by atoms with Crippen molar-refractivity contribution >= 4 is 12.2 Å². The third-order valence-electron chi connectivity index (χ3n) is 3.83. The smallest absolute Gasteiger partial charge is 0.159 e. The molecule has 1 aromatic heterocycles. The topological polar surface area (TPSA) is 39.6 Å². The van der Waals surface area contributed by atoms with Gasteiger partial charge in [0.25, 0.3) is 0 Å². The van der Waals surface area contributed by atoms with E-state index < -0.39 is 11.6 Å². The van der Waals surface area contributed by atoms with Gasteiger partial charge in [-0.05, 0) is 48.9 Å². The van der Waals surface area contributed by atoms with Gasteiger partial charge in [-0.1, -0.05) is 18.3 Å². The molecule has 0 saturated carbocycles. The van der Waals surface area contributed by atoms with Crippen LogP contribution in [0.2, 0.25) is 0 Å². The molecule has 5 heteroatoms. The molecule has 0 fully saturated rings. The minimum atomic E-state index is -0.917. The monoisotopic (exact) mass is 302 g/mol. The summed E-state index contributed by atoms with van der Waals surface area (Å²) in [6.07, 6.45) is 3.74. The minimum absolute atomic E-state index is 0.330. The maximum absolute atomic E-state index is 13.5. The van der Waals surface area contributed by atoms with Crippen LogP contribution in [-0.4, -0.2) is 4.98 Å². The number of nitriles is 1. The molecule has 0 radical (unpaired) electrons. The Morgan fingerprint density at radius 3 is 2.62 bits per heavy atom. The van der Waals surface area contributed by atoms with Gasteiger partial charge in [0.15, 0.2) is 11.6 Å². The molecule has 3 rings (SSSR count). The average Bonchev–Trinajstić information content (AvgIpc) is 2.48. The van der Waals surface area contributed by atoms with Gasteiger partial charge >= 0.3 is 0 Å². The van der Waals surface area contributed by atoms with Crippen LogP contribution in [0.4, 0.5) is 8.78 Å². The molecular formula is C16H12F2N2S. The zero-order valence-corrected chi connectivity index (χ0v) is 12.0. The van der Waals surface area contributed by atoms with E-state index in [1.165, 1.54) is 6.07 Å². The number of hydrogen-bond acceptors (Lipinski definition) is 2. The number of rotatable bonds is 1. The van der Waals surface area contributed by atoms with E-state index in [-0.39, 0.29) is 0 Å². The van der Waals surface area contributed by atoms with Gasteiger partial charge in [0.05, 0.1) is 5.56 Å². The minimum Gasteiger partial charge on any atom is -0.349 e. The van der Waals surface area contributed by atoms with Crippen molar-refractivity contribution in [3.63, 3.8) is 0 Å². The van der Waals surface area contributed by atoms with Gasteiger partial charge in [-0.25, -0.2) is 8.78 Å². The fraction of sp³-hybridized carbons (Fsp3) is 0.250. The van der Waals surface area contributed by atoms with Gasteiger partial charge in [0.2, 0.25) is 0 Å². The van der Waals surface area contributed by atoms with E-state index in [2.05, 4.69) is 11.1 Å². The molecule has 2 aromatic rings. The molecule has 0 spiro atoms. The lowest BCUT2D eigenvalue weighted by Crippen LogP contribution is -2.09. The predicted molar refractivity (Wildman–Crippen MR) is 78.3 cm³/mol. The summed E-state index contributed by atoms with van der Waals surface area (Å²) < 4.78 is 27.0. The number of nitrogens with zero attached hydrogens (tertiary/aromatic N) is 1. The van der Waals surface area contributed by atoms with Crippen molar-refractivity contribution in [1.29, 1.82) is 5.26 Å². The Kier molecular flexibility index (Phi) is 3.56. The van der Waals surface area contributed by atoms with Gasteiger partial charge in [-0.2, -0.15) is 5.26 Å². The molecule has 0 unspecified atom stereocenters. The van der Waals surface area contributed by atoms with E-state index in [4.69, 9.17) is 12.2 Å². The standard InChI is InChI=1S/C16H12F2N2S/c17-12-6-5-9(7-13(12)18)15-10-3-1-2-4-14(10)20-16(21)11(15)8-19/h5-7H,1-4H2,(H,20,21). The zero-order valence-electron chi connectivity index (χ0n) is 11.2. The second-order valence-electron chi connectivity index (χ2n) is 5.11. The first kappa shape index (κ1) is 13.9. The Bertz CT molecular complexity index is 818. The largest absolute Gasteiger partial charge is 0.349 e. The fourth-order valence-corrected chi connectivity index (χ4v) is 3.13. The molecule has 1 N–H and O–H groups in total. The summed E-state index contributed by atoms with van der Waals surface area (Å²) >= 11 is 5.24. The summed E-state index contributed by atoms with van der Waals surface area (Å²) in [7, 11) is 0. The highest BCUT2D eigenvalue weighted by molar-refractivity contribution is 7.71. The molecule has 0 bridgehead atoms. The van der Waals surface area contributed by atoms with E-state index in [0.717, 1.165) is 49.1 Å². The van der Waals surface area contributed by atoms with Crippen molar-refractivity contribution in [2.45, 2.75) is 25.7 Å². The van der Waals surface area contributed by atoms with Gasteiger partial charge in [-0.3, -0.25) is 0 Å². The molecule has 0 aliphatic heterocycles. The van der Waals surface area contributed by atoms with Crippen LogP contribution in [0.25, 0.3) is 11.1 Å². The van der Waals surface area contributed by atoms with Crippen LogP contribution in [0, 0.1) is 27.6 Å². The highest BCUT2D eigenvalue weighted by atomic mass is 32.1. The second kappa shape index (κ2) is 5.38. The second-order valence-corrected chi connectivity index (χ2v) is 5.52. The number of H-pyrrole nitrogens is 1. The highest BCUT2D eigenvalue weighted by Crippen LogP contribution is 2.34. The van der Waals surface area contributed by atoms with Crippen molar-refractivity contribution in [1.82, 2.24) is 4.98 Å². The average molecular weight is 302 g/mol. The Hall–Kier alpha value is -2.06. The SMILES string of the molecule is N#Cc1c(-c2ccc(F)c(F)c2)c2c([nH]c1=S)CCCC2. The van der Waals surface area contributed by atoms with Crippen LogP contribution in [0.5, 0.6) is 0 Å². The van der Waals surface area contributed by atoms with Crippen molar-refractivity contribution in [3.05, 3.63) is 51.3 Å². The fourth-order valence-electron chi connectivity index (χ4n) is 2.86. The van der Waals surface area contributed by atoms with Crippen LogP contribution in [0.3, 0.4) is 0 Å². The first-order chi connectivity index (χ1) is 10.1. The van der Waals surface area contributed by atoms with E-state index in [9.17, 15) is 14.0 Å². The van der Waals surface area contributed by atoms with Crippen molar-refractivity contribution in [2.75, 3.05) is 0 Å². The third-order valence-corrected chi connectivity index (χ3v) is 4.14. The Balaban J connectivity index is 2.34. The molecule has 21 heavy (non-hydrogen) atoms. The molecule has 1 aromatic carbocycles. The van der Waals surface area contributed by atoms with E-state index in [1.807, 2.05) is 0 Å². The molecule has 106 valence electrons. The molecule has 1 aliphatic rings. The van der Waals surface area contributed by atoms with Gasteiger partial charge in [0.1, 0.15) is 10.7 Å². The molecule has 1 aliphatic carbocycles. The van der Waals surface area contributed by atoms with Gasteiger partial charge in [0, 0.05) is 11.3 Å². The number of aromatic amines is 1. The molecular weight excluding hydrogens is 290 g/mol. The molecule has 0 atom stereocenters. The van der Waals surface area contributed by atoms with Crippen LogP contribution in [-0.2, 0) is 12.8 Å². The summed E-state index contributed by atoms with van der Waals surface area (Å²) in [5.74, 6) is -1.81. The normalized spacial score (nSPS) is 13.6. The van der Waals surface area contributed by atoms with E-state index in [0.29, 0.717) is 21.3 Å². The van der Waals surface area contributed by atoms with Crippen molar-refractivity contribution in [3.8, 4) is 17.2 Å². The zero-order chi connectivity index (χ0) is 15.0. The summed E-state index contributed by atoms with van der Waals surface area (Å²) in [5.41, 5.74) is 3.48. The summed E-state index contributed by atoms with van der Waals surface area (Å²) in [5, 5.41) is 9.38. The van der Waals surface area contributed by atoms with Crippen molar-refractivity contribution in [2.24, 2.45) is 0 Å². The maximum atomic E-state index is 13.5. The summed E-state index contributed by atoms with van der Waals surface area (Å²) in [6, 6.07) is 5.81. The first-order valence-electron chi connectivity index (χ1n) is 6.75. The molecule has 0 amide bonds. The number of benzene rings is 1. The number of hydrogen-bond donors (Lipinski definition) is 1. The Morgan fingerprint density at radius 2 is 1.90 bits per heavy atom. The van der Waals surface area contributed by atoms with Crippen LogP contribution < -0.4 is 0 Å². The van der Waals surface area contributed by atoms with Gasteiger partial charge in [-0.15, -0.1) is 0 Å². The Morgan fingerprint density at radius 1 is 1.14 bits per heavy atom. The van der Waals surface area contributed by atoms with Crippen LogP contribution >= 0.6 is 12.2 Å². The van der Waals surface area contributed by atoms with E-state index in [1.54, 1.807) is 0 Å². The quantitative estimate of drug-likeness (QED) is 0.791. The maximum Gasteiger partial charge on any atom is 0.159 e. The number of fused-ring (bicyclic) bond motifs is 1. The lowest BCUT2D eigenvalue weighted by molar-refractivity contribution is 0.509. The molecule has 1 heterocycles.